The summed E-state index contributed by atoms with van der Waals surface area (Å²) in [5, 5.41) is 3.57. The monoisotopic (exact) mass is 280 g/mol. The van der Waals surface area contributed by atoms with Crippen molar-refractivity contribution in [2.45, 2.75) is 47.1 Å². The van der Waals surface area contributed by atoms with E-state index in [1.54, 1.807) is 0 Å². The van der Waals surface area contributed by atoms with E-state index < -0.39 is 0 Å². The Labute approximate surface area is 123 Å². The summed E-state index contributed by atoms with van der Waals surface area (Å²) < 4.78 is 13.0. The van der Waals surface area contributed by atoms with Crippen molar-refractivity contribution >= 4 is 5.69 Å². The Bertz CT molecular complexity index is 404. The van der Waals surface area contributed by atoms with Gasteiger partial charge in [0.2, 0.25) is 0 Å². The summed E-state index contributed by atoms with van der Waals surface area (Å²) in [5.74, 6) is -0.182. The molecule has 0 aliphatic heterocycles. The normalized spacial score (nSPS) is 12.6. The number of anilines is 1. The van der Waals surface area contributed by atoms with Gasteiger partial charge in [-0.05, 0) is 57.4 Å². The molecule has 0 radical (unpaired) electrons. The third kappa shape index (κ3) is 5.91. The van der Waals surface area contributed by atoms with Crippen LogP contribution < -0.4 is 10.2 Å². The van der Waals surface area contributed by atoms with Crippen molar-refractivity contribution in [3.63, 3.8) is 0 Å². The molecular formula is C17H29FN2. The number of hydrogen-bond acceptors (Lipinski definition) is 2. The minimum Gasteiger partial charge on any atom is -0.371 e. The second-order valence-corrected chi connectivity index (χ2v) is 7.26. The fourth-order valence-corrected chi connectivity index (χ4v) is 2.11. The van der Waals surface area contributed by atoms with Gasteiger partial charge in [-0.1, -0.05) is 13.8 Å². The van der Waals surface area contributed by atoms with Crippen molar-refractivity contribution in [1.29, 1.82) is 0 Å². The predicted molar refractivity (Wildman–Crippen MR) is 85.8 cm³/mol. The molecule has 0 spiro atoms. The summed E-state index contributed by atoms with van der Waals surface area (Å²) >= 11 is 0. The van der Waals surface area contributed by atoms with Crippen LogP contribution in [-0.4, -0.2) is 25.2 Å². The Kier molecular flexibility index (Phi) is 5.58. The Morgan fingerprint density at radius 1 is 1.05 bits per heavy atom. The molecule has 1 aromatic carbocycles. The molecule has 0 saturated heterocycles. The first-order chi connectivity index (χ1) is 9.13. The van der Waals surface area contributed by atoms with Crippen molar-refractivity contribution in [2.75, 3.05) is 24.5 Å². The highest BCUT2D eigenvalue weighted by Crippen LogP contribution is 2.22. The molecule has 20 heavy (non-hydrogen) atoms. The third-order valence-electron chi connectivity index (χ3n) is 3.29. The maximum Gasteiger partial charge on any atom is 0.123 e. The highest BCUT2D eigenvalue weighted by molar-refractivity contribution is 5.46. The molecule has 0 atom stereocenters. The van der Waals surface area contributed by atoms with Gasteiger partial charge in [0.15, 0.2) is 0 Å². The first kappa shape index (κ1) is 17.0. The lowest BCUT2D eigenvalue weighted by atomic mass is 9.91. The zero-order valence-electron chi connectivity index (χ0n) is 13.8. The molecule has 0 aromatic heterocycles. The van der Waals surface area contributed by atoms with Crippen LogP contribution in [0, 0.1) is 11.2 Å². The van der Waals surface area contributed by atoms with Crippen LogP contribution in [-0.2, 0) is 0 Å². The number of halogens is 1. The van der Waals surface area contributed by atoms with E-state index >= 15 is 0 Å². The van der Waals surface area contributed by atoms with E-state index in [9.17, 15) is 4.39 Å². The van der Waals surface area contributed by atoms with Crippen molar-refractivity contribution in [3.8, 4) is 0 Å². The van der Waals surface area contributed by atoms with E-state index in [0.717, 1.165) is 25.3 Å². The van der Waals surface area contributed by atoms with Gasteiger partial charge in [-0.2, -0.15) is 0 Å². The number of hydrogen-bond donors (Lipinski definition) is 1. The second-order valence-electron chi connectivity index (χ2n) is 7.26. The maximum absolute atomic E-state index is 13.0. The molecule has 0 bridgehead atoms. The van der Waals surface area contributed by atoms with E-state index in [2.05, 4.69) is 51.8 Å². The minimum absolute atomic E-state index is 0.129. The maximum atomic E-state index is 13.0. The molecule has 0 amide bonds. The first-order valence-electron chi connectivity index (χ1n) is 7.38. The fraction of sp³-hybridized carbons (Fsp3) is 0.647. The molecule has 0 aliphatic carbocycles. The SMILES string of the molecule is CCN(CC(C)(C)CNC(C)(C)C)c1ccc(F)cc1. The zero-order valence-corrected chi connectivity index (χ0v) is 13.8. The van der Waals surface area contributed by atoms with Gasteiger partial charge in [-0.25, -0.2) is 4.39 Å². The van der Waals surface area contributed by atoms with Crippen LogP contribution in [0.15, 0.2) is 24.3 Å². The summed E-state index contributed by atoms with van der Waals surface area (Å²) in [6.07, 6.45) is 0. The first-order valence-corrected chi connectivity index (χ1v) is 7.38. The van der Waals surface area contributed by atoms with Crippen molar-refractivity contribution in [1.82, 2.24) is 5.32 Å². The van der Waals surface area contributed by atoms with Gasteiger partial charge >= 0.3 is 0 Å². The third-order valence-corrected chi connectivity index (χ3v) is 3.29. The minimum atomic E-state index is -0.182. The van der Waals surface area contributed by atoms with Gasteiger partial charge in [0.1, 0.15) is 5.82 Å². The van der Waals surface area contributed by atoms with E-state index in [1.807, 2.05) is 12.1 Å². The number of nitrogens with one attached hydrogen (secondary N) is 1. The number of benzene rings is 1. The lowest BCUT2D eigenvalue weighted by molar-refractivity contribution is 0.293. The van der Waals surface area contributed by atoms with Gasteiger partial charge in [-0.15, -0.1) is 0 Å². The van der Waals surface area contributed by atoms with Gasteiger partial charge in [0.05, 0.1) is 0 Å². The zero-order chi connectivity index (χ0) is 15.4. The van der Waals surface area contributed by atoms with Gasteiger partial charge in [0.25, 0.3) is 0 Å². The Morgan fingerprint density at radius 3 is 2.05 bits per heavy atom. The highest BCUT2D eigenvalue weighted by Gasteiger charge is 2.23. The van der Waals surface area contributed by atoms with Crippen LogP contribution in [0.5, 0.6) is 0 Å². The quantitative estimate of drug-likeness (QED) is 0.845. The van der Waals surface area contributed by atoms with Gasteiger partial charge in [0, 0.05) is 30.9 Å². The molecule has 114 valence electrons. The van der Waals surface area contributed by atoms with Crippen LogP contribution in [0.2, 0.25) is 0 Å². The van der Waals surface area contributed by atoms with Crippen LogP contribution in [0.3, 0.4) is 0 Å². The number of nitrogens with zero attached hydrogens (tertiary/aromatic N) is 1. The fourth-order valence-electron chi connectivity index (χ4n) is 2.11. The Balaban J connectivity index is 2.69. The second kappa shape index (κ2) is 6.57. The molecular weight excluding hydrogens is 251 g/mol. The summed E-state index contributed by atoms with van der Waals surface area (Å²) in [6.45, 7) is 16.0. The smallest absolute Gasteiger partial charge is 0.123 e. The largest absolute Gasteiger partial charge is 0.371 e. The molecule has 1 aromatic rings. The molecule has 0 heterocycles. The summed E-state index contributed by atoms with van der Waals surface area (Å²) in [5.41, 5.74) is 1.36. The van der Waals surface area contributed by atoms with Crippen LogP contribution in [0.1, 0.15) is 41.5 Å². The van der Waals surface area contributed by atoms with Crippen LogP contribution in [0.4, 0.5) is 10.1 Å². The van der Waals surface area contributed by atoms with Crippen molar-refractivity contribution in [3.05, 3.63) is 30.1 Å². The average Bonchev–Trinajstić information content (AvgIpc) is 2.34. The van der Waals surface area contributed by atoms with Gasteiger partial charge in [-0.3, -0.25) is 0 Å². The van der Waals surface area contributed by atoms with Crippen molar-refractivity contribution < 1.29 is 4.39 Å². The average molecular weight is 280 g/mol. The Hall–Kier alpha value is -1.09. The van der Waals surface area contributed by atoms with Gasteiger partial charge < -0.3 is 10.2 Å². The van der Waals surface area contributed by atoms with Crippen LogP contribution in [0.25, 0.3) is 0 Å². The molecule has 2 nitrogen and oxygen atoms in total. The van der Waals surface area contributed by atoms with Crippen LogP contribution >= 0.6 is 0 Å². The van der Waals surface area contributed by atoms with Crippen molar-refractivity contribution in [2.24, 2.45) is 5.41 Å². The summed E-state index contributed by atoms with van der Waals surface area (Å²) in [7, 11) is 0. The molecule has 1 N–H and O–H groups in total. The van der Waals surface area contributed by atoms with E-state index in [1.165, 1.54) is 12.1 Å². The lowest BCUT2D eigenvalue weighted by Gasteiger charge is -2.36. The van der Waals surface area contributed by atoms with E-state index in [-0.39, 0.29) is 16.8 Å². The van der Waals surface area contributed by atoms with E-state index in [0.29, 0.717) is 0 Å². The highest BCUT2D eigenvalue weighted by atomic mass is 19.1. The summed E-state index contributed by atoms with van der Waals surface area (Å²) in [6, 6.07) is 6.76. The Morgan fingerprint density at radius 2 is 1.60 bits per heavy atom. The summed E-state index contributed by atoms with van der Waals surface area (Å²) in [4.78, 5) is 2.30. The standard InChI is InChI=1S/C17H29FN2/c1-7-20(15-10-8-14(18)9-11-15)13-17(5,6)12-19-16(2,3)4/h8-11,19H,7,12-13H2,1-6H3. The molecule has 1 rings (SSSR count). The topological polar surface area (TPSA) is 15.3 Å². The lowest BCUT2D eigenvalue weighted by Crippen LogP contribution is -2.46. The molecule has 0 unspecified atom stereocenters. The molecule has 0 fully saturated rings. The molecule has 3 heteroatoms. The number of rotatable bonds is 6. The van der Waals surface area contributed by atoms with E-state index in [4.69, 9.17) is 0 Å². The molecule has 0 saturated carbocycles. The predicted octanol–water partition coefficient (Wildman–Crippen LogP) is 4.07. The molecule has 0 aliphatic rings.